The fourth-order valence-electron chi connectivity index (χ4n) is 2.80. The van der Waals surface area contributed by atoms with Gasteiger partial charge < -0.3 is 14.8 Å². The van der Waals surface area contributed by atoms with Crippen LogP contribution in [0.5, 0.6) is 5.75 Å². The third-order valence-corrected chi connectivity index (χ3v) is 5.07. The molecule has 1 amide bonds. The lowest BCUT2D eigenvalue weighted by Gasteiger charge is -2.09. The van der Waals surface area contributed by atoms with Crippen molar-refractivity contribution in [3.8, 4) is 17.3 Å². The summed E-state index contributed by atoms with van der Waals surface area (Å²) in [6, 6.07) is 20.0. The first kappa shape index (κ1) is 18.8. The molecule has 8 heteroatoms. The number of thioether (sulfide) groups is 1. The topological polar surface area (TPSA) is 93.2 Å². The van der Waals surface area contributed by atoms with Crippen LogP contribution in [0.25, 0.3) is 11.6 Å². The van der Waals surface area contributed by atoms with E-state index in [0.29, 0.717) is 29.0 Å². The number of phenols is 1. The minimum Gasteiger partial charge on any atom is -0.508 e. The maximum atomic E-state index is 12.3. The number of carbonyl (C=O) groups excluding carboxylic acids is 1. The maximum absolute atomic E-state index is 12.3. The molecule has 0 radical (unpaired) electrons. The molecule has 4 aromatic rings. The van der Waals surface area contributed by atoms with E-state index in [0.717, 1.165) is 5.56 Å². The van der Waals surface area contributed by atoms with Gasteiger partial charge in [-0.1, -0.05) is 48.2 Å². The van der Waals surface area contributed by atoms with Crippen LogP contribution in [0.1, 0.15) is 5.56 Å². The molecule has 0 fully saturated rings. The fourth-order valence-corrected chi connectivity index (χ4v) is 3.54. The summed E-state index contributed by atoms with van der Waals surface area (Å²) < 4.78 is 7.42. The minimum absolute atomic E-state index is 0.0983. The van der Waals surface area contributed by atoms with E-state index in [1.165, 1.54) is 17.8 Å². The third kappa shape index (κ3) is 4.67. The number of aromatic nitrogens is 3. The van der Waals surface area contributed by atoms with Gasteiger partial charge in [0.05, 0.1) is 18.6 Å². The van der Waals surface area contributed by atoms with Crippen molar-refractivity contribution in [2.45, 2.75) is 11.7 Å². The number of furan rings is 1. The predicted molar refractivity (Wildman–Crippen MR) is 111 cm³/mol. The standard InChI is InChI=1S/C21H18N4O3S/c26-17-9-4-8-16(12-17)22-19(27)14-29-21-24-23-20(18-10-5-11-28-18)25(21)13-15-6-2-1-3-7-15/h1-12,26H,13-14H2,(H,22,27). The van der Waals surface area contributed by atoms with E-state index in [4.69, 9.17) is 4.42 Å². The van der Waals surface area contributed by atoms with Gasteiger partial charge in [-0.25, -0.2) is 0 Å². The van der Waals surface area contributed by atoms with E-state index in [1.54, 1.807) is 30.5 Å². The summed E-state index contributed by atoms with van der Waals surface area (Å²) >= 11 is 1.29. The summed E-state index contributed by atoms with van der Waals surface area (Å²) in [5.74, 6) is 1.27. The van der Waals surface area contributed by atoms with Crippen LogP contribution in [0.15, 0.2) is 82.6 Å². The van der Waals surface area contributed by atoms with Gasteiger partial charge in [0.25, 0.3) is 0 Å². The molecule has 4 rings (SSSR count). The normalized spacial score (nSPS) is 10.8. The molecule has 2 N–H and O–H groups in total. The molecule has 0 aliphatic rings. The highest BCUT2D eigenvalue weighted by molar-refractivity contribution is 7.99. The molecule has 0 spiro atoms. The summed E-state index contributed by atoms with van der Waals surface area (Å²) in [5, 5.41) is 21.4. The quantitative estimate of drug-likeness (QED) is 0.450. The van der Waals surface area contributed by atoms with Crippen LogP contribution in [0.3, 0.4) is 0 Å². The number of hydrogen-bond donors (Lipinski definition) is 2. The number of aromatic hydroxyl groups is 1. The minimum atomic E-state index is -0.200. The average Bonchev–Trinajstić information content (AvgIpc) is 3.37. The highest BCUT2D eigenvalue weighted by Crippen LogP contribution is 2.26. The SMILES string of the molecule is O=C(CSc1nnc(-c2ccco2)n1Cc1ccccc1)Nc1cccc(O)c1. The van der Waals surface area contributed by atoms with Crippen molar-refractivity contribution in [2.24, 2.45) is 0 Å². The van der Waals surface area contributed by atoms with Gasteiger partial charge in [0.1, 0.15) is 5.75 Å². The molecule has 0 aliphatic heterocycles. The van der Waals surface area contributed by atoms with Crippen molar-refractivity contribution in [2.75, 3.05) is 11.1 Å². The van der Waals surface area contributed by atoms with Crippen molar-refractivity contribution in [3.05, 3.63) is 78.6 Å². The van der Waals surface area contributed by atoms with E-state index in [-0.39, 0.29) is 17.4 Å². The van der Waals surface area contributed by atoms with E-state index in [9.17, 15) is 9.90 Å². The Hall–Kier alpha value is -3.52. The van der Waals surface area contributed by atoms with Crippen molar-refractivity contribution < 1.29 is 14.3 Å². The third-order valence-electron chi connectivity index (χ3n) is 4.10. The Kier molecular flexibility index (Phi) is 5.62. The number of hydrogen-bond acceptors (Lipinski definition) is 6. The molecule has 0 saturated carbocycles. The summed E-state index contributed by atoms with van der Waals surface area (Å²) in [7, 11) is 0. The first-order valence-corrected chi connectivity index (χ1v) is 9.90. The fraction of sp³-hybridized carbons (Fsp3) is 0.0952. The molecule has 0 bridgehead atoms. The number of phenolic OH excluding ortho intramolecular Hbond substituents is 1. The second-order valence-electron chi connectivity index (χ2n) is 6.24. The number of amides is 1. The number of anilines is 1. The Labute approximate surface area is 171 Å². The van der Waals surface area contributed by atoms with Gasteiger partial charge >= 0.3 is 0 Å². The number of benzene rings is 2. The van der Waals surface area contributed by atoms with Gasteiger partial charge in [-0.05, 0) is 29.8 Å². The summed E-state index contributed by atoms with van der Waals surface area (Å²) in [6.07, 6.45) is 1.59. The molecule has 2 aromatic carbocycles. The van der Waals surface area contributed by atoms with Gasteiger partial charge in [-0.3, -0.25) is 9.36 Å². The Morgan fingerprint density at radius 2 is 1.93 bits per heavy atom. The molecule has 2 aromatic heterocycles. The summed E-state index contributed by atoms with van der Waals surface area (Å²) in [4.78, 5) is 12.3. The van der Waals surface area contributed by atoms with Crippen LogP contribution < -0.4 is 5.32 Å². The van der Waals surface area contributed by atoms with Crippen LogP contribution in [-0.4, -0.2) is 31.5 Å². The predicted octanol–water partition coefficient (Wildman–Crippen LogP) is 4.02. The highest BCUT2D eigenvalue weighted by atomic mass is 32.2. The van der Waals surface area contributed by atoms with Crippen molar-refractivity contribution in [1.29, 1.82) is 0 Å². The van der Waals surface area contributed by atoms with Crippen LogP contribution in [0.2, 0.25) is 0 Å². The lowest BCUT2D eigenvalue weighted by Crippen LogP contribution is -2.14. The molecule has 7 nitrogen and oxygen atoms in total. The average molecular weight is 406 g/mol. The lowest BCUT2D eigenvalue weighted by molar-refractivity contribution is -0.113. The van der Waals surface area contributed by atoms with Gasteiger partial charge in [0.15, 0.2) is 10.9 Å². The molecule has 2 heterocycles. The largest absolute Gasteiger partial charge is 0.508 e. The van der Waals surface area contributed by atoms with Gasteiger partial charge in [-0.15, -0.1) is 10.2 Å². The van der Waals surface area contributed by atoms with E-state index in [1.807, 2.05) is 41.0 Å². The first-order valence-electron chi connectivity index (χ1n) is 8.92. The van der Waals surface area contributed by atoms with Crippen molar-refractivity contribution in [1.82, 2.24) is 14.8 Å². The zero-order chi connectivity index (χ0) is 20.1. The molecular formula is C21H18N4O3S. The number of rotatable bonds is 7. The first-order chi connectivity index (χ1) is 14.2. The van der Waals surface area contributed by atoms with Crippen LogP contribution in [0, 0.1) is 0 Å². The van der Waals surface area contributed by atoms with Gasteiger partial charge in [0.2, 0.25) is 11.7 Å². The Morgan fingerprint density at radius 3 is 2.69 bits per heavy atom. The van der Waals surface area contributed by atoms with Crippen molar-refractivity contribution in [3.63, 3.8) is 0 Å². The second kappa shape index (κ2) is 8.66. The number of nitrogens with zero attached hydrogens (tertiary/aromatic N) is 3. The molecular weight excluding hydrogens is 388 g/mol. The number of nitrogens with one attached hydrogen (secondary N) is 1. The summed E-state index contributed by atoms with van der Waals surface area (Å²) in [6.45, 7) is 0.556. The lowest BCUT2D eigenvalue weighted by atomic mass is 10.2. The molecule has 0 unspecified atom stereocenters. The highest BCUT2D eigenvalue weighted by Gasteiger charge is 2.18. The smallest absolute Gasteiger partial charge is 0.234 e. The molecule has 0 saturated heterocycles. The Morgan fingerprint density at radius 1 is 1.07 bits per heavy atom. The molecule has 146 valence electrons. The van der Waals surface area contributed by atoms with E-state index in [2.05, 4.69) is 15.5 Å². The summed E-state index contributed by atoms with van der Waals surface area (Å²) in [5.41, 5.74) is 1.63. The zero-order valence-corrected chi connectivity index (χ0v) is 16.2. The van der Waals surface area contributed by atoms with Gasteiger partial charge in [-0.2, -0.15) is 0 Å². The van der Waals surface area contributed by atoms with Crippen molar-refractivity contribution >= 4 is 23.4 Å². The second-order valence-corrected chi connectivity index (χ2v) is 7.18. The molecule has 29 heavy (non-hydrogen) atoms. The molecule has 0 aliphatic carbocycles. The van der Waals surface area contributed by atoms with E-state index < -0.39 is 0 Å². The Bertz CT molecular complexity index is 1090. The Balaban J connectivity index is 1.51. The maximum Gasteiger partial charge on any atom is 0.234 e. The van der Waals surface area contributed by atoms with Crippen LogP contribution in [-0.2, 0) is 11.3 Å². The van der Waals surface area contributed by atoms with Crippen LogP contribution in [0.4, 0.5) is 5.69 Å². The zero-order valence-electron chi connectivity index (χ0n) is 15.4. The monoisotopic (exact) mass is 406 g/mol. The van der Waals surface area contributed by atoms with E-state index >= 15 is 0 Å². The van der Waals surface area contributed by atoms with Gasteiger partial charge in [0, 0.05) is 11.8 Å². The molecule has 0 atom stereocenters. The van der Waals surface area contributed by atoms with Crippen LogP contribution >= 0.6 is 11.8 Å². The number of carbonyl (C=O) groups is 1.